The fourth-order valence-electron chi connectivity index (χ4n) is 2.75. The highest BCUT2D eigenvalue weighted by atomic mass is 16.6. The van der Waals surface area contributed by atoms with Gasteiger partial charge in [-0.25, -0.2) is 0 Å². The second kappa shape index (κ2) is 8.39. The number of ether oxygens (including phenoxy) is 1. The van der Waals surface area contributed by atoms with Crippen LogP contribution in [-0.4, -0.2) is 60.4 Å². The largest absolute Gasteiger partial charge is 0.469 e. The van der Waals surface area contributed by atoms with Gasteiger partial charge in [-0.1, -0.05) is 6.07 Å². The van der Waals surface area contributed by atoms with E-state index in [4.69, 9.17) is 0 Å². The van der Waals surface area contributed by atoms with Crippen molar-refractivity contribution in [3.63, 3.8) is 0 Å². The molecule has 2 rings (SSSR count). The number of methoxy groups -OCH3 is 1. The van der Waals surface area contributed by atoms with Gasteiger partial charge in [0.25, 0.3) is 5.69 Å². The van der Waals surface area contributed by atoms with Crippen molar-refractivity contribution in [3.8, 4) is 0 Å². The van der Waals surface area contributed by atoms with E-state index in [1.165, 1.54) is 19.2 Å². The van der Waals surface area contributed by atoms with Crippen molar-refractivity contribution in [1.29, 1.82) is 0 Å². The molecule has 1 aliphatic heterocycles. The molecule has 1 aliphatic rings. The first-order valence-corrected chi connectivity index (χ1v) is 7.96. The normalized spacial score (nSPS) is 17.3. The summed E-state index contributed by atoms with van der Waals surface area (Å²) in [6, 6.07) is 3.60. The van der Waals surface area contributed by atoms with Crippen molar-refractivity contribution in [2.75, 3.05) is 32.1 Å². The van der Waals surface area contributed by atoms with E-state index in [2.05, 4.69) is 15.4 Å². The number of benzene rings is 1. The fourth-order valence-corrected chi connectivity index (χ4v) is 2.75. The van der Waals surface area contributed by atoms with E-state index in [0.29, 0.717) is 24.3 Å². The Bertz CT molecular complexity index is 735. The van der Waals surface area contributed by atoms with Crippen LogP contribution in [0.25, 0.3) is 0 Å². The number of hydrogen-bond acceptors (Lipinski definition) is 7. The number of nitro groups is 1. The number of nitrogens with zero attached hydrogens (tertiary/aromatic N) is 2. The number of nitro benzene ring substituents is 1. The summed E-state index contributed by atoms with van der Waals surface area (Å²) in [5.41, 5.74) is 0.576. The van der Waals surface area contributed by atoms with Crippen LogP contribution in [0.2, 0.25) is 0 Å². The number of carbonyl (C=O) groups is 3. The Morgan fingerprint density at radius 1 is 1.46 bits per heavy atom. The molecule has 1 atom stereocenters. The third kappa shape index (κ3) is 4.54. The number of anilines is 1. The lowest BCUT2D eigenvalue weighted by Gasteiger charge is -2.33. The van der Waals surface area contributed by atoms with Crippen LogP contribution in [-0.2, 0) is 19.1 Å². The molecule has 0 bridgehead atoms. The zero-order valence-electron chi connectivity index (χ0n) is 14.5. The summed E-state index contributed by atoms with van der Waals surface area (Å²) in [6.07, 6.45) is -0.161. The van der Waals surface area contributed by atoms with Crippen molar-refractivity contribution >= 4 is 29.2 Å². The highest BCUT2D eigenvalue weighted by Crippen LogP contribution is 2.25. The van der Waals surface area contributed by atoms with Gasteiger partial charge >= 0.3 is 5.97 Å². The highest BCUT2D eigenvalue weighted by Gasteiger charge is 2.33. The zero-order chi connectivity index (χ0) is 19.3. The Kier molecular flexibility index (Phi) is 6.23. The summed E-state index contributed by atoms with van der Waals surface area (Å²) in [5.74, 6) is -1.33. The quantitative estimate of drug-likeness (QED) is 0.419. The maximum atomic E-state index is 12.4. The SMILES string of the molecule is COC(=O)CC1C(=O)NCCN1CC(=O)Nc1cccc([N+](=O)[O-])c1C. The Balaban J connectivity index is 2.08. The standard InChI is InChI=1S/C16H20N4O6/c1-10-11(4-3-5-12(10)20(24)25)18-14(21)9-19-7-6-17-16(23)13(19)8-15(22)26-2/h3-5,13H,6-9H2,1-2H3,(H,17,23)(H,18,21). The van der Waals surface area contributed by atoms with E-state index in [1.54, 1.807) is 17.9 Å². The topological polar surface area (TPSA) is 131 Å². The molecule has 2 N–H and O–H groups in total. The smallest absolute Gasteiger partial charge is 0.307 e. The maximum absolute atomic E-state index is 12.4. The van der Waals surface area contributed by atoms with Crippen LogP contribution in [0.15, 0.2) is 18.2 Å². The second-order valence-corrected chi connectivity index (χ2v) is 5.81. The van der Waals surface area contributed by atoms with Gasteiger partial charge in [0.15, 0.2) is 0 Å². The summed E-state index contributed by atoms with van der Waals surface area (Å²) in [4.78, 5) is 47.9. The van der Waals surface area contributed by atoms with Crippen LogP contribution >= 0.6 is 0 Å². The molecule has 1 heterocycles. The third-order valence-corrected chi connectivity index (χ3v) is 4.15. The van der Waals surface area contributed by atoms with Crippen molar-refractivity contribution in [3.05, 3.63) is 33.9 Å². The van der Waals surface area contributed by atoms with E-state index in [1.807, 2.05) is 0 Å². The van der Waals surface area contributed by atoms with E-state index in [-0.39, 0.29) is 24.6 Å². The van der Waals surface area contributed by atoms with Crippen molar-refractivity contribution in [1.82, 2.24) is 10.2 Å². The number of piperazine rings is 1. The Labute approximate surface area is 149 Å². The van der Waals surface area contributed by atoms with Crippen molar-refractivity contribution in [2.45, 2.75) is 19.4 Å². The monoisotopic (exact) mass is 364 g/mol. The van der Waals surface area contributed by atoms with E-state index < -0.39 is 22.8 Å². The summed E-state index contributed by atoms with van der Waals surface area (Å²) < 4.78 is 4.59. The number of carbonyl (C=O) groups excluding carboxylic acids is 3. The molecular weight excluding hydrogens is 344 g/mol. The lowest BCUT2D eigenvalue weighted by molar-refractivity contribution is -0.385. The van der Waals surface area contributed by atoms with Gasteiger partial charge in [-0.05, 0) is 13.0 Å². The number of esters is 1. The molecule has 26 heavy (non-hydrogen) atoms. The molecular formula is C16H20N4O6. The molecule has 1 aromatic rings. The fraction of sp³-hybridized carbons (Fsp3) is 0.438. The molecule has 1 aromatic carbocycles. The first kappa shape index (κ1) is 19.3. The molecule has 0 radical (unpaired) electrons. The van der Waals surface area contributed by atoms with Crippen molar-refractivity contribution < 1.29 is 24.0 Å². The zero-order valence-corrected chi connectivity index (χ0v) is 14.5. The van der Waals surface area contributed by atoms with Crippen LogP contribution in [0.1, 0.15) is 12.0 Å². The first-order valence-electron chi connectivity index (χ1n) is 7.96. The lowest BCUT2D eigenvalue weighted by Crippen LogP contribution is -2.57. The molecule has 140 valence electrons. The van der Waals surface area contributed by atoms with Gasteiger partial charge in [0, 0.05) is 19.2 Å². The number of amides is 2. The van der Waals surface area contributed by atoms with Gasteiger partial charge in [-0.15, -0.1) is 0 Å². The molecule has 10 nitrogen and oxygen atoms in total. The second-order valence-electron chi connectivity index (χ2n) is 5.81. The molecule has 1 fully saturated rings. The number of nitrogens with one attached hydrogen (secondary N) is 2. The molecule has 0 aliphatic carbocycles. The van der Waals surface area contributed by atoms with Crippen LogP contribution < -0.4 is 10.6 Å². The maximum Gasteiger partial charge on any atom is 0.307 e. The van der Waals surface area contributed by atoms with Gasteiger partial charge in [0.1, 0.15) is 6.04 Å². The van der Waals surface area contributed by atoms with Gasteiger partial charge in [0.2, 0.25) is 11.8 Å². The predicted octanol–water partition coefficient (Wildman–Crippen LogP) is 0.205. The summed E-state index contributed by atoms with van der Waals surface area (Å²) in [7, 11) is 1.23. The Morgan fingerprint density at radius 2 is 2.19 bits per heavy atom. The molecule has 0 aromatic heterocycles. The third-order valence-electron chi connectivity index (χ3n) is 4.15. The molecule has 2 amide bonds. The lowest BCUT2D eigenvalue weighted by atomic mass is 10.1. The summed E-state index contributed by atoms with van der Waals surface area (Å²) >= 11 is 0. The van der Waals surface area contributed by atoms with E-state index in [9.17, 15) is 24.5 Å². The predicted molar refractivity (Wildman–Crippen MR) is 91.5 cm³/mol. The summed E-state index contributed by atoms with van der Waals surface area (Å²) in [5, 5.41) is 16.3. The highest BCUT2D eigenvalue weighted by molar-refractivity contribution is 5.94. The number of rotatable bonds is 6. The van der Waals surface area contributed by atoms with Crippen LogP contribution in [0.4, 0.5) is 11.4 Å². The molecule has 10 heteroatoms. The van der Waals surface area contributed by atoms with E-state index >= 15 is 0 Å². The minimum Gasteiger partial charge on any atom is -0.469 e. The van der Waals surface area contributed by atoms with Crippen LogP contribution in [0.5, 0.6) is 0 Å². The summed E-state index contributed by atoms with van der Waals surface area (Å²) in [6.45, 7) is 2.17. The molecule has 0 saturated carbocycles. The van der Waals surface area contributed by atoms with Crippen LogP contribution in [0.3, 0.4) is 0 Å². The van der Waals surface area contributed by atoms with Gasteiger partial charge in [-0.3, -0.25) is 29.4 Å². The average Bonchev–Trinajstić information content (AvgIpc) is 2.59. The Morgan fingerprint density at radius 3 is 2.85 bits per heavy atom. The molecule has 1 unspecified atom stereocenters. The minimum absolute atomic E-state index is 0.0938. The van der Waals surface area contributed by atoms with E-state index in [0.717, 1.165) is 0 Å². The van der Waals surface area contributed by atoms with Gasteiger partial charge in [0.05, 0.1) is 36.2 Å². The minimum atomic E-state index is -0.798. The van der Waals surface area contributed by atoms with Crippen molar-refractivity contribution in [2.24, 2.45) is 0 Å². The molecule has 0 spiro atoms. The average molecular weight is 364 g/mol. The first-order chi connectivity index (χ1) is 12.3. The molecule has 1 saturated heterocycles. The number of hydrogen-bond donors (Lipinski definition) is 2. The van der Waals surface area contributed by atoms with Gasteiger partial charge in [-0.2, -0.15) is 0 Å². The Hall–Kier alpha value is -3.01. The van der Waals surface area contributed by atoms with Crippen LogP contribution in [0, 0.1) is 17.0 Å². The van der Waals surface area contributed by atoms with Gasteiger partial charge < -0.3 is 15.4 Å².